The van der Waals surface area contributed by atoms with Gasteiger partial charge in [-0.3, -0.25) is 9.52 Å². The Hall–Kier alpha value is -2.72. The van der Waals surface area contributed by atoms with Gasteiger partial charge in [0, 0.05) is 38.3 Å². The molecule has 43 heavy (non-hydrogen) atoms. The summed E-state index contributed by atoms with van der Waals surface area (Å²) in [7, 11) is -6.10. The third kappa shape index (κ3) is 8.91. The Kier molecular flexibility index (Phi) is 11.6. The largest absolute Gasteiger partial charge is 0.490 e. The minimum atomic E-state index is -3.95. The SMILES string of the molecule is Cc1noc(C)c1S(=O)(=O)N(C)C[C@H]1OCCCC[C@@H](C)Oc2ccc(NS(C)(=O)=O)cc2C(=O)N([C@@H](C)CO)C[C@@H]1C. The van der Waals surface area contributed by atoms with Crippen molar-refractivity contribution in [2.75, 3.05) is 44.3 Å². The lowest BCUT2D eigenvalue weighted by Crippen LogP contribution is -2.48. The van der Waals surface area contributed by atoms with Crippen LogP contribution in [0.5, 0.6) is 5.75 Å². The molecule has 13 nitrogen and oxygen atoms in total. The number of likely N-dealkylation sites (N-methyl/N-ethyl adjacent to an activating group) is 1. The number of aliphatic hydroxyl groups is 1. The summed E-state index contributed by atoms with van der Waals surface area (Å²) in [6.07, 6.45) is 2.29. The van der Waals surface area contributed by atoms with Crippen LogP contribution >= 0.6 is 0 Å². The number of fused-ring (bicyclic) bond motifs is 1. The van der Waals surface area contributed by atoms with E-state index in [-0.39, 0.29) is 59.3 Å². The number of hydrogen-bond acceptors (Lipinski definition) is 10. The maximum Gasteiger partial charge on any atom is 0.258 e. The van der Waals surface area contributed by atoms with E-state index in [1.165, 1.54) is 28.4 Å². The molecule has 0 spiro atoms. The van der Waals surface area contributed by atoms with E-state index < -0.39 is 38.1 Å². The van der Waals surface area contributed by atoms with Crippen LogP contribution in [0.1, 0.15) is 61.8 Å². The quantitative estimate of drug-likeness (QED) is 0.436. The molecule has 15 heteroatoms. The van der Waals surface area contributed by atoms with Gasteiger partial charge in [0.25, 0.3) is 5.91 Å². The van der Waals surface area contributed by atoms with Gasteiger partial charge in [0.05, 0.1) is 36.7 Å². The number of sulfonamides is 2. The van der Waals surface area contributed by atoms with Gasteiger partial charge in [-0.25, -0.2) is 16.8 Å². The van der Waals surface area contributed by atoms with Gasteiger partial charge < -0.3 is 24.0 Å². The van der Waals surface area contributed by atoms with E-state index in [1.807, 2.05) is 13.8 Å². The number of nitrogens with one attached hydrogen (secondary N) is 1. The van der Waals surface area contributed by atoms with Crippen molar-refractivity contribution < 1.29 is 40.7 Å². The smallest absolute Gasteiger partial charge is 0.258 e. The third-order valence-electron chi connectivity index (χ3n) is 7.43. The molecule has 0 fully saturated rings. The number of aromatic nitrogens is 1. The highest BCUT2D eigenvalue weighted by atomic mass is 32.2. The second-order valence-corrected chi connectivity index (χ2v) is 15.1. The zero-order valence-corrected chi connectivity index (χ0v) is 27.5. The molecule has 1 aliphatic rings. The molecule has 2 N–H and O–H groups in total. The molecule has 0 aliphatic carbocycles. The molecular weight excluding hydrogens is 600 g/mol. The van der Waals surface area contributed by atoms with Crippen LogP contribution in [0.2, 0.25) is 0 Å². The normalized spacial score (nSPS) is 22.0. The number of rotatable bonds is 8. The summed E-state index contributed by atoms with van der Waals surface area (Å²) in [6.45, 7) is 8.71. The van der Waals surface area contributed by atoms with Crippen molar-refractivity contribution in [1.29, 1.82) is 0 Å². The standard InChI is InChI=1S/C28H44N4O9S2/c1-18-15-32(19(2)17-33)28(34)24-14-23(30-42(7,35)36)11-12-25(24)40-20(3)10-8-9-13-39-26(18)16-31(6)43(37,38)27-21(4)29-41-22(27)5/h11-12,14,18-20,26,30,33H,8-10,13,15-17H2,1-7H3/t18-,19-,20+,26+/m0/s1. The average Bonchev–Trinajstić information content (AvgIpc) is 3.27. The predicted molar refractivity (Wildman–Crippen MR) is 161 cm³/mol. The first-order valence-electron chi connectivity index (χ1n) is 14.3. The van der Waals surface area contributed by atoms with Gasteiger partial charge in [-0.15, -0.1) is 0 Å². The molecule has 4 atom stereocenters. The van der Waals surface area contributed by atoms with Crippen LogP contribution in [0.15, 0.2) is 27.6 Å². The van der Waals surface area contributed by atoms with Gasteiger partial charge in [0.15, 0.2) is 5.76 Å². The monoisotopic (exact) mass is 644 g/mol. The summed E-state index contributed by atoms with van der Waals surface area (Å²) in [4.78, 5) is 15.6. The second-order valence-electron chi connectivity index (χ2n) is 11.3. The van der Waals surface area contributed by atoms with Crippen molar-refractivity contribution in [2.24, 2.45) is 5.92 Å². The van der Waals surface area contributed by atoms with Gasteiger partial charge >= 0.3 is 0 Å². The highest BCUT2D eigenvalue weighted by molar-refractivity contribution is 7.92. The first-order chi connectivity index (χ1) is 20.0. The highest BCUT2D eigenvalue weighted by Crippen LogP contribution is 2.29. The molecule has 2 heterocycles. The Morgan fingerprint density at radius 1 is 1.19 bits per heavy atom. The van der Waals surface area contributed by atoms with Crippen molar-refractivity contribution in [1.82, 2.24) is 14.4 Å². The second kappa shape index (κ2) is 14.4. The van der Waals surface area contributed by atoms with Gasteiger partial charge in [0.1, 0.15) is 16.3 Å². The Morgan fingerprint density at radius 3 is 2.49 bits per heavy atom. The minimum absolute atomic E-state index is 0.00161. The van der Waals surface area contributed by atoms with Crippen LogP contribution < -0.4 is 9.46 Å². The number of amides is 1. The topological polar surface area (TPSA) is 169 Å². The summed E-state index contributed by atoms with van der Waals surface area (Å²) in [5.74, 6) is -0.351. The molecule has 1 aromatic carbocycles. The van der Waals surface area contributed by atoms with Crippen molar-refractivity contribution in [3.63, 3.8) is 0 Å². The van der Waals surface area contributed by atoms with E-state index in [2.05, 4.69) is 9.88 Å². The van der Waals surface area contributed by atoms with Crippen LogP contribution in [0.25, 0.3) is 0 Å². The molecule has 0 bridgehead atoms. The highest BCUT2D eigenvalue weighted by Gasteiger charge is 2.34. The van der Waals surface area contributed by atoms with Gasteiger partial charge in [-0.2, -0.15) is 4.31 Å². The molecule has 242 valence electrons. The summed E-state index contributed by atoms with van der Waals surface area (Å²) in [5, 5.41) is 13.9. The van der Waals surface area contributed by atoms with E-state index in [1.54, 1.807) is 26.8 Å². The van der Waals surface area contributed by atoms with Gasteiger partial charge in [-0.05, 0) is 65.2 Å². The number of carbonyl (C=O) groups is 1. The van der Waals surface area contributed by atoms with Crippen LogP contribution in [0.3, 0.4) is 0 Å². The number of aliphatic hydroxyl groups excluding tert-OH is 1. The fraction of sp³-hybridized carbons (Fsp3) is 0.643. The number of anilines is 1. The number of nitrogens with zero attached hydrogens (tertiary/aromatic N) is 3. The molecule has 0 saturated heterocycles. The molecule has 0 saturated carbocycles. The number of benzene rings is 1. The van der Waals surface area contributed by atoms with Crippen LogP contribution in [0.4, 0.5) is 5.69 Å². The Morgan fingerprint density at radius 2 is 1.88 bits per heavy atom. The molecule has 2 aromatic rings. The van der Waals surface area contributed by atoms with E-state index >= 15 is 0 Å². The maximum atomic E-state index is 14.1. The van der Waals surface area contributed by atoms with E-state index in [0.717, 1.165) is 12.7 Å². The zero-order chi connectivity index (χ0) is 32.1. The number of ether oxygens (including phenoxy) is 2. The lowest BCUT2D eigenvalue weighted by atomic mass is 10.0. The zero-order valence-electron chi connectivity index (χ0n) is 25.9. The van der Waals surface area contributed by atoms with Crippen molar-refractivity contribution >= 4 is 31.6 Å². The molecule has 3 rings (SSSR count). The first kappa shape index (κ1) is 34.8. The summed E-state index contributed by atoms with van der Waals surface area (Å²) in [6, 6.07) is 3.90. The molecule has 1 aromatic heterocycles. The number of hydrogen-bond donors (Lipinski definition) is 2. The van der Waals surface area contributed by atoms with Crippen molar-refractivity contribution in [2.45, 2.75) is 77.0 Å². The summed E-state index contributed by atoms with van der Waals surface area (Å²) >= 11 is 0. The van der Waals surface area contributed by atoms with Gasteiger partial charge in [0.2, 0.25) is 20.0 Å². The summed E-state index contributed by atoms with van der Waals surface area (Å²) < 4.78 is 71.8. The Balaban J connectivity index is 2.00. The summed E-state index contributed by atoms with van der Waals surface area (Å²) in [5.41, 5.74) is 0.599. The predicted octanol–water partition coefficient (Wildman–Crippen LogP) is 2.78. The van der Waals surface area contributed by atoms with Crippen molar-refractivity contribution in [3.8, 4) is 5.75 Å². The molecule has 0 radical (unpaired) electrons. The molecule has 1 aliphatic heterocycles. The van der Waals surface area contributed by atoms with Gasteiger partial charge in [-0.1, -0.05) is 12.1 Å². The Bertz CT molecular complexity index is 1460. The number of aryl methyl sites for hydroxylation is 2. The van der Waals surface area contributed by atoms with E-state index in [9.17, 15) is 26.7 Å². The average molecular weight is 645 g/mol. The lowest BCUT2D eigenvalue weighted by molar-refractivity contribution is -0.00835. The van der Waals surface area contributed by atoms with Crippen LogP contribution in [0, 0.1) is 19.8 Å². The fourth-order valence-corrected chi connectivity index (χ4v) is 7.03. The van der Waals surface area contributed by atoms with Crippen LogP contribution in [-0.4, -0.2) is 100 Å². The molecular formula is C28H44N4O9S2. The molecule has 1 amide bonds. The van der Waals surface area contributed by atoms with E-state index in [0.29, 0.717) is 25.2 Å². The Labute approximate surface area is 254 Å². The van der Waals surface area contributed by atoms with E-state index in [4.69, 9.17) is 14.0 Å². The lowest BCUT2D eigenvalue weighted by Gasteiger charge is -2.35. The number of carbonyl (C=O) groups excluding carboxylic acids is 1. The first-order valence-corrected chi connectivity index (χ1v) is 17.6. The van der Waals surface area contributed by atoms with Crippen LogP contribution in [-0.2, 0) is 24.8 Å². The maximum absolute atomic E-state index is 14.1. The molecule has 0 unspecified atom stereocenters. The van der Waals surface area contributed by atoms with Crippen molar-refractivity contribution in [3.05, 3.63) is 35.2 Å². The third-order valence-corrected chi connectivity index (χ3v) is 10.1. The minimum Gasteiger partial charge on any atom is -0.490 e. The fourth-order valence-electron chi connectivity index (χ4n) is 5.01.